The van der Waals surface area contributed by atoms with Gasteiger partial charge in [0.2, 0.25) is 0 Å². The predicted molar refractivity (Wildman–Crippen MR) is 219 cm³/mol. The molecule has 0 amide bonds. The molecule has 0 saturated heterocycles. The zero-order valence-electron chi connectivity index (χ0n) is 31.7. The predicted octanol–water partition coefficient (Wildman–Crippen LogP) is 14.3. The van der Waals surface area contributed by atoms with E-state index >= 15 is 0 Å². The zero-order valence-corrected chi connectivity index (χ0v) is 36.8. The molecule has 0 heterocycles. The number of halogens is 2. The van der Waals surface area contributed by atoms with Crippen molar-refractivity contribution in [3.63, 3.8) is 0 Å². The van der Waals surface area contributed by atoms with Crippen molar-refractivity contribution in [2.75, 3.05) is 0 Å². The second-order valence-corrected chi connectivity index (χ2v) is 60.5. The van der Waals surface area contributed by atoms with Gasteiger partial charge in [0.25, 0.3) is 0 Å². The molecule has 0 spiro atoms. The number of hydrogen-bond acceptors (Lipinski definition) is 0. The van der Waals surface area contributed by atoms with E-state index in [4.69, 9.17) is 17.0 Å². The van der Waals surface area contributed by atoms with Gasteiger partial charge >= 0.3 is 315 Å². The summed E-state index contributed by atoms with van der Waals surface area (Å²) in [6, 6.07) is 24.1. The Bertz CT molecular complexity index is 1830. The number of fused-ring (bicyclic) bond motifs is 2. The van der Waals surface area contributed by atoms with E-state index in [0.29, 0.717) is 17.3 Å². The minimum atomic E-state index is -4.79. The molecule has 6 aliphatic rings. The monoisotopic (exact) mass is 799 g/mol. The Morgan fingerprint density at radius 2 is 1.30 bits per heavy atom. The first-order valence-corrected chi connectivity index (χ1v) is 36.6. The average molecular weight is 802 g/mol. The van der Waals surface area contributed by atoms with Crippen molar-refractivity contribution in [1.82, 2.24) is 0 Å². The quantitative estimate of drug-likeness (QED) is 0.179. The van der Waals surface area contributed by atoms with Crippen LogP contribution in [0, 0.1) is 23.7 Å². The van der Waals surface area contributed by atoms with E-state index < -0.39 is 21.5 Å². The van der Waals surface area contributed by atoms with Crippen LogP contribution in [0.15, 0.2) is 71.8 Å². The number of allylic oxidation sites excluding steroid dienone is 2. The topological polar surface area (TPSA) is 0 Å². The van der Waals surface area contributed by atoms with Crippen LogP contribution >= 0.6 is 17.0 Å². The van der Waals surface area contributed by atoms with Crippen molar-refractivity contribution < 1.29 is 15.6 Å². The van der Waals surface area contributed by atoms with Crippen molar-refractivity contribution in [1.29, 1.82) is 0 Å². The molecule has 0 N–H and O–H groups in total. The molecule has 0 radical (unpaired) electrons. The van der Waals surface area contributed by atoms with Crippen molar-refractivity contribution in [3.8, 4) is 11.1 Å². The molecule has 4 heteroatoms. The van der Waals surface area contributed by atoms with E-state index in [0.717, 1.165) is 37.0 Å². The van der Waals surface area contributed by atoms with Crippen LogP contribution in [0.2, 0.25) is 13.1 Å². The van der Waals surface area contributed by atoms with E-state index in [1.165, 1.54) is 88.6 Å². The Labute approximate surface area is 312 Å². The molecule has 50 heavy (non-hydrogen) atoms. The molecular formula is C46H59Cl2SiZr. The van der Waals surface area contributed by atoms with Gasteiger partial charge in [0.05, 0.1) is 0 Å². The summed E-state index contributed by atoms with van der Waals surface area (Å²) in [7, 11) is 17.5. The summed E-state index contributed by atoms with van der Waals surface area (Å²) in [5.41, 5.74) is 14.9. The van der Waals surface area contributed by atoms with Crippen molar-refractivity contribution in [2.45, 2.75) is 124 Å². The molecule has 4 fully saturated rings. The first-order valence-electron chi connectivity index (χ1n) is 20.3. The van der Waals surface area contributed by atoms with Crippen LogP contribution in [0.5, 0.6) is 0 Å². The second-order valence-electron chi connectivity index (χ2n) is 18.0. The summed E-state index contributed by atoms with van der Waals surface area (Å²) in [4.78, 5) is 0. The van der Waals surface area contributed by atoms with Crippen molar-refractivity contribution >= 4 is 35.1 Å². The molecule has 3 aromatic carbocycles. The Kier molecular flexibility index (Phi) is 9.31. The average Bonchev–Trinajstić information content (AvgIpc) is 3.71. The Balaban J connectivity index is 1.23. The standard InChI is InChI=1S/C27H29.C17H23.C2H7Si.2ClH.Zr/c1-2-18-13-23-4-3-5-25(26(23)14-18)22-6-8-24(9-7-22)27-15-19-10-20(16-27)12-21(11-19)17-27;1-5-12(3)15-10-14-8-7-9-16(13(4)6-2)17(14)11-15;1-3-2;;;/h3-9,13-14,19-21H,2,10-12,15-17H2,1H3;7-13H,5-6H2,1-4H3;3H,1-2H3;2*1H;/q;;;;;+2/p-2. The van der Waals surface area contributed by atoms with E-state index in [1.54, 1.807) is 5.56 Å². The molecule has 3 aromatic rings. The van der Waals surface area contributed by atoms with Gasteiger partial charge in [0.1, 0.15) is 0 Å². The molecule has 4 unspecified atom stereocenters. The van der Waals surface area contributed by atoms with Gasteiger partial charge in [-0.1, -0.05) is 0 Å². The summed E-state index contributed by atoms with van der Waals surface area (Å²) in [6.45, 7) is 16.8. The van der Waals surface area contributed by atoms with Crippen LogP contribution in [0.25, 0.3) is 23.3 Å². The maximum atomic E-state index is 8.76. The van der Waals surface area contributed by atoms with Gasteiger partial charge in [0, 0.05) is 0 Å². The van der Waals surface area contributed by atoms with Crippen LogP contribution in [0.3, 0.4) is 0 Å². The third-order valence-corrected chi connectivity index (χ3v) is 66.8. The minimum absolute atomic E-state index is 0.147. The third kappa shape index (κ3) is 5.33. The van der Waals surface area contributed by atoms with Crippen LogP contribution in [0.1, 0.15) is 139 Å². The van der Waals surface area contributed by atoms with Crippen LogP contribution in [0.4, 0.5) is 0 Å². The number of rotatable bonds is 10. The van der Waals surface area contributed by atoms with Crippen molar-refractivity contribution in [3.05, 3.63) is 105 Å². The molecule has 4 saturated carbocycles. The van der Waals surface area contributed by atoms with Crippen LogP contribution in [-0.4, -0.2) is 5.92 Å². The molecule has 0 nitrogen and oxygen atoms in total. The van der Waals surface area contributed by atoms with Crippen LogP contribution < -0.4 is 0 Å². The SMILES string of the molecule is CCC1=Cc2c(-c3ccc(C45CC6CC(CC(C6)C4)C5)cc3)cccc2[CH]1[Zr]([Cl])([Cl])([CH]1C(C(C)CC)=Cc2c(C(C)CC)cccc21)[SiH](C)C. The van der Waals surface area contributed by atoms with E-state index in [2.05, 4.69) is 121 Å². The summed E-state index contributed by atoms with van der Waals surface area (Å²) in [5, 5.41) is 0. The molecule has 6 aliphatic carbocycles. The van der Waals surface area contributed by atoms with Gasteiger partial charge in [-0.3, -0.25) is 0 Å². The number of benzene rings is 3. The fourth-order valence-electron chi connectivity index (χ4n) is 12.4. The number of hydrogen-bond donors (Lipinski definition) is 0. The van der Waals surface area contributed by atoms with Gasteiger partial charge in [-0.05, 0) is 0 Å². The van der Waals surface area contributed by atoms with Crippen molar-refractivity contribution in [2.24, 2.45) is 23.7 Å². The molecular weight excluding hydrogens is 743 g/mol. The Hall–Kier alpha value is -1.18. The van der Waals surface area contributed by atoms with E-state index in [1.807, 2.05) is 0 Å². The van der Waals surface area contributed by atoms with Gasteiger partial charge in [-0.2, -0.15) is 0 Å². The summed E-state index contributed by atoms with van der Waals surface area (Å²) in [5.74, 6) is 2.25. The molecule has 0 aromatic heterocycles. The van der Waals surface area contributed by atoms with E-state index in [9.17, 15) is 0 Å². The molecule has 4 atom stereocenters. The molecule has 4 bridgehead atoms. The summed E-state index contributed by atoms with van der Waals surface area (Å²) >= 11 is -4.79. The first kappa shape index (κ1) is 35.8. The first-order chi connectivity index (χ1) is 23.9. The molecule has 9 rings (SSSR count). The molecule has 265 valence electrons. The Morgan fingerprint density at radius 1 is 0.720 bits per heavy atom. The fourth-order valence-corrected chi connectivity index (χ4v) is 43.9. The summed E-state index contributed by atoms with van der Waals surface area (Å²) < 4.78 is 0.308. The van der Waals surface area contributed by atoms with Gasteiger partial charge < -0.3 is 0 Å². The van der Waals surface area contributed by atoms with Gasteiger partial charge in [-0.15, -0.1) is 0 Å². The second kappa shape index (κ2) is 13.0. The summed E-state index contributed by atoms with van der Waals surface area (Å²) in [6.07, 6.45) is 17.1. The van der Waals surface area contributed by atoms with Gasteiger partial charge in [-0.25, -0.2) is 0 Å². The third-order valence-electron chi connectivity index (χ3n) is 15.1. The van der Waals surface area contributed by atoms with E-state index in [-0.39, 0.29) is 7.25 Å². The van der Waals surface area contributed by atoms with Gasteiger partial charge in [0.15, 0.2) is 0 Å². The molecule has 0 aliphatic heterocycles. The normalized spacial score (nSPS) is 30.0. The fraction of sp³-hybridized carbons (Fsp3) is 0.522. The zero-order chi connectivity index (χ0) is 35.2. The maximum absolute atomic E-state index is 8.76. The van der Waals surface area contributed by atoms with Crippen LogP contribution in [-0.2, 0) is 21.0 Å². The Morgan fingerprint density at radius 3 is 1.86 bits per heavy atom.